The number of sulfonamides is 1. The molecule has 0 bridgehead atoms. The lowest BCUT2D eigenvalue weighted by Crippen LogP contribution is -2.43. The van der Waals surface area contributed by atoms with Crippen molar-refractivity contribution in [2.24, 2.45) is 0 Å². The predicted molar refractivity (Wildman–Crippen MR) is 114 cm³/mol. The monoisotopic (exact) mass is 487 g/mol. The molecule has 6 nitrogen and oxygen atoms in total. The predicted octanol–water partition coefficient (Wildman–Crippen LogP) is 3.60. The second-order valence-corrected chi connectivity index (χ2v) is 9.35. The molecular formula is C19H22BrNO5S2. The molecule has 1 atom stereocenters. The highest BCUT2D eigenvalue weighted by Crippen LogP contribution is 2.27. The fraction of sp³-hybridized carbons (Fsp3) is 0.316. The maximum atomic E-state index is 12.9. The van der Waals surface area contributed by atoms with E-state index in [2.05, 4.69) is 20.7 Å². The smallest absolute Gasteiger partial charge is 0.325 e. The molecule has 2 aromatic rings. The summed E-state index contributed by atoms with van der Waals surface area (Å²) in [5.41, 5.74) is 1.09. The number of benzene rings is 2. The molecule has 28 heavy (non-hydrogen) atoms. The molecule has 0 aliphatic carbocycles. The fourth-order valence-electron chi connectivity index (χ4n) is 2.37. The van der Waals surface area contributed by atoms with Crippen LogP contribution >= 0.6 is 27.7 Å². The van der Waals surface area contributed by atoms with E-state index in [4.69, 9.17) is 9.47 Å². The third-order valence-corrected chi connectivity index (χ3v) is 6.77. The van der Waals surface area contributed by atoms with Crippen molar-refractivity contribution in [2.75, 3.05) is 19.5 Å². The van der Waals surface area contributed by atoms with Crippen LogP contribution in [0.3, 0.4) is 0 Å². The Morgan fingerprint density at radius 1 is 1.21 bits per heavy atom. The van der Waals surface area contributed by atoms with Crippen LogP contribution in [0.25, 0.3) is 0 Å². The number of carbonyl (C=O) groups is 1. The Bertz CT molecular complexity index is 890. The van der Waals surface area contributed by atoms with Crippen molar-refractivity contribution in [3.05, 3.63) is 58.6 Å². The molecule has 0 radical (unpaired) electrons. The van der Waals surface area contributed by atoms with Crippen LogP contribution in [0.15, 0.2) is 57.9 Å². The Morgan fingerprint density at radius 3 is 2.57 bits per heavy atom. The van der Waals surface area contributed by atoms with E-state index < -0.39 is 22.0 Å². The average Bonchev–Trinajstić information content (AvgIpc) is 2.68. The molecule has 0 aliphatic heterocycles. The molecule has 0 saturated carbocycles. The van der Waals surface area contributed by atoms with Crippen LogP contribution in [0.2, 0.25) is 0 Å². The highest BCUT2D eigenvalue weighted by atomic mass is 79.9. The van der Waals surface area contributed by atoms with Crippen molar-refractivity contribution in [2.45, 2.75) is 23.6 Å². The summed E-state index contributed by atoms with van der Waals surface area (Å²) in [5, 5.41) is 0. The molecule has 0 aliphatic rings. The van der Waals surface area contributed by atoms with Gasteiger partial charge in [-0.1, -0.05) is 46.3 Å². The molecule has 0 aromatic heterocycles. The lowest BCUT2D eigenvalue weighted by Gasteiger charge is -2.18. The molecule has 2 rings (SSSR count). The molecule has 0 amide bonds. The minimum absolute atomic E-state index is 0.0493. The number of ether oxygens (including phenoxy) is 2. The van der Waals surface area contributed by atoms with Crippen LogP contribution in [0, 0.1) is 0 Å². The number of halogens is 1. The number of carbonyl (C=O) groups excluding carboxylic acids is 1. The number of nitrogens with one attached hydrogen (secondary N) is 1. The molecule has 0 heterocycles. The summed E-state index contributed by atoms with van der Waals surface area (Å²) in [6.45, 7) is 1.85. The summed E-state index contributed by atoms with van der Waals surface area (Å²) in [7, 11) is -2.61. The first-order chi connectivity index (χ1) is 13.4. The van der Waals surface area contributed by atoms with Crippen LogP contribution in [0.1, 0.15) is 12.5 Å². The van der Waals surface area contributed by atoms with Crippen LogP contribution < -0.4 is 9.46 Å². The minimum atomic E-state index is -4.00. The minimum Gasteiger partial charge on any atom is -0.495 e. The lowest BCUT2D eigenvalue weighted by atomic mass is 10.2. The number of hydrogen-bond acceptors (Lipinski definition) is 6. The van der Waals surface area contributed by atoms with E-state index in [9.17, 15) is 13.2 Å². The summed E-state index contributed by atoms with van der Waals surface area (Å²) >= 11 is 4.71. The molecule has 0 saturated heterocycles. The maximum absolute atomic E-state index is 12.9. The average molecular weight is 488 g/mol. The van der Waals surface area contributed by atoms with E-state index in [0.29, 0.717) is 10.2 Å². The van der Waals surface area contributed by atoms with Gasteiger partial charge in [0.1, 0.15) is 16.7 Å². The van der Waals surface area contributed by atoms with Crippen molar-refractivity contribution in [3.63, 3.8) is 0 Å². The Balaban J connectivity index is 2.16. The van der Waals surface area contributed by atoms with Gasteiger partial charge in [0, 0.05) is 16.0 Å². The van der Waals surface area contributed by atoms with Gasteiger partial charge in [0.2, 0.25) is 10.0 Å². The van der Waals surface area contributed by atoms with Crippen LogP contribution in [0.4, 0.5) is 0 Å². The Kier molecular flexibility index (Phi) is 8.81. The van der Waals surface area contributed by atoms with Gasteiger partial charge in [0.05, 0.1) is 13.7 Å². The molecular weight excluding hydrogens is 466 g/mol. The summed E-state index contributed by atoms with van der Waals surface area (Å²) in [6.07, 6.45) is 0. The van der Waals surface area contributed by atoms with Crippen molar-refractivity contribution < 1.29 is 22.7 Å². The van der Waals surface area contributed by atoms with Gasteiger partial charge in [-0.25, -0.2) is 8.42 Å². The van der Waals surface area contributed by atoms with E-state index in [-0.39, 0.29) is 23.0 Å². The quantitative estimate of drug-likeness (QED) is 0.515. The van der Waals surface area contributed by atoms with Crippen molar-refractivity contribution in [3.8, 4) is 5.75 Å². The fourth-order valence-corrected chi connectivity index (χ4v) is 5.37. The second-order valence-electron chi connectivity index (χ2n) is 5.72. The van der Waals surface area contributed by atoms with Gasteiger partial charge in [-0.3, -0.25) is 4.79 Å². The van der Waals surface area contributed by atoms with Gasteiger partial charge in [-0.05, 0) is 30.7 Å². The van der Waals surface area contributed by atoms with Gasteiger partial charge in [-0.2, -0.15) is 16.5 Å². The normalized spacial score (nSPS) is 12.4. The van der Waals surface area contributed by atoms with E-state index >= 15 is 0 Å². The number of rotatable bonds is 10. The molecule has 0 fully saturated rings. The third-order valence-electron chi connectivity index (χ3n) is 3.68. The third kappa shape index (κ3) is 6.51. The zero-order valence-electron chi connectivity index (χ0n) is 15.6. The van der Waals surface area contributed by atoms with Crippen molar-refractivity contribution >= 4 is 43.7 Å². The van der Waals surface area contributed by atoms with Gasteiger partial charge >= 0.3 is 5.97 Å². The molecule has 9 heteroatoms. The molecule has 0 spiro atoms. The van der Waals surface area contributed by atoms with Gasteiger partial charge in [-0.15, -0.1) is 0 Å². The van der Waals surface area contributed by atoms with Gasteiger partial charge < -0.3 is 9.47 Å². The van der Waals surface area contributed by atoms with Gasteiger partial charge in [0.25, 0.3) is 0 Å². The van der Waals surface area contributed by atoms with E-state index in [1.165, 1.54) is 24.9 Å². The topological polar surface area (TPSA) is 81.7 Å². The maximum Gasteiger partial charge on any atom is 0.325 e. The summed E-state index contributed by atoms with van der Waals surface area (Å²) in [6, 6.07) is 13.4. The standard InChI is InChI=1S/C19H22BrNO5S2/c1-3-26-19(22)16(13-27-12-14-7-5-4-6-8-14)21-28(23,24)18-11-15(20)9-10-17(18)25-2/h4-11,16,21H,3,12-13H2,1-2H3. The first-order valence-electron chi connectivity index (χ1n) is 8.51. The lowest BCUT2D eigenvalue weighted by molar-refractivity contribution is -0.144. The SMILES string of the molecule is CCOC(=O)C(CSCc1ccccc1)NS(=O)(=O)c1cc(Br)ccc1OC. The second kappa shape index (κ2) is 10.8. The molecule has 152 valence electrons. The molecule has 2 aromatic carbocycles. The van der Waals surface area contributed by atoms with E-state index in [0.717, 1.165) is 5.56 Å². The van der Waals surface area contributed by atoms with E-state index in [1.54, 1.807) is 19.1 Å². The molecule has 1 unspecified atom stereocenters. The number of esters is 1. The number of thioether (sulfide) groups is 1. The number of methoxy groups -OCH3 is 1. The first-order valence-corrected chi connectivity index (χ1v) is 11.9. The number of hydrogen-bond donors (Lipinski definition) is 1. The van der Waals surface area contributed by atoms with Gasteiger partial charge in [0.15, 0.2) is 0 Å². The van der Waals surface area contributed by atoms with Crippen molar-refractivity contribution in [1.29, 1.82) is 0 Å². The largest absolute Gasteiger partial charge is 0.495 e. The highest BCUT2D eigenvalue weighted by Gasteiger charge is 2.29. The Hall–Kier alpha value is -1.55. The Labute approximate surface area is 178 Å². The van der Waals surface area contributed by atoms with E-state index in [1.807, 2.05) is 30.3 Å². The Morgan fingerprint density at radius 2 is 1.93 bits per heavy atom. The van der Waals surface area contributed by atoms with Crippen LogP contribution in [-0.4, -0.2) is 39.9 Å². The van der Waals surface area contributed by atoms with Crippen LogP contribution in [0.5, 0.6) is 5.75 Å². The first kappa shape index (κ1) is 22.7. The zero-order valence-corrected chi connectivity index (χ0v) is 18.8. The van der Waals surface area contributed by atoms with Crippen molar-refractivity contribution in [1.82, 2.24) is 4.72 Å². The molecule has 1 N–H and O–H groups in total. The highest BCUT2D eigenvalue weighted by molar-refractivity contribution is 9.10. The van der Waals surface area contributed by atoms with Crippen LogP contribution in [-0.2, 0) is 25.3 Å². The summed E-state index contributed by atoms with van der Waals surface area (Å²) in [4.78, 5) is 12.3. The summed E-state index contributed by atoms with van der Waals surface area (Å²) in [5.74, 6) is 0.470. The summed E-state index contributed by atoms with van der Waals surface area (Å²) < 4.78 is 39.0. The zero-order chi connectivity index (χ0) is 20.6.